The van der Waals surface area contributed by atoms with Gasteiger partial charge < -0.3 is 34.2 Å². The minimum Gasteiger partial charge on any atom is -0.507 e. The molecule has 170 valence electrons. The van der Waals surface area contributed by atoms with Crippen molar-refractivity contribution in [1.29, 1.82) is 0 Å². The van der Waals surface area contributed by atoms with E-state index in [4.69, 9.17) is 18.6 Å². The maximum Gasteiger partial charge on any atom is 0.235 e. The Balaban J connectivity index is 1.75. The first kappa shape index (κ1) is 22.0. The Morgan fingerprint density at radius 1 is 1.09 bits per heavy atom. The molecule has 1 fully saturated rings. The molecule has 2 heterocycles. The Morgan fingerprint density at radius 3 is 2.59 bits per heavy atom. The van der Waals surface area contributed by atoms with Gasteiger partial charge in [0.15, 0.2) is 5.76 Å². The number of rotatable bonds is 7. The predicted molar refractivity (Wildman–Crippen MR) is 120 cm³/mol. The van der Waals surface area contributed by atoms with Crippen LogP contribution >= 0.6 is 0 Å². The van der Waals surface area contributed by atoms with Crippen LogP contribution in [-0.2, 0) is 11.3 Å². The Labute approximate surface area is 185 Å². The van der Waals surface area contributed by atoms with E-state index in [0.29, 0.717) is 35.1 Å². The number of phenols is 1. The van der Waals surface area contributed by atoms with Gasteiger partial charge in [0.05, 0.1) is 30.7 Å². The number of hydrogen-bond donors (Lipinski definition) is 3. The van der Waals surface area contributed by atoms with E-state index in [1.165, 1.54) is 26.4 Å². The fraction of sp³-hybridized carbons (Fsp3) is 0.375. The average molecular weight is 441 g/mol. The molecule has 1 aromatic heterocycles. The maximum atomic E-state index is 12.9. The second kappa shape index (κ2) is 9.50. The molecule has 1 saturated heterocycles. The van der Waals surface area contributed by atoms with Crippen LogP contribution in [0.1, 0.15) is 18.4 Å². The van der Waals surface area contributed by atoms with E-state index in [1.54, 1.807) is 18.2 Å². The number of hydrogen-bond acceptors (Lipinski definition) is 8. The SMILES string of the molecule is COc1ccc(-c2oc3c(CNCC4CCOCC4)c(O)ccc3c(=O)c2O)c(OC)c1. The minimum absolute atomic E-state index is 0.0125. The van der Waals surface area contributed by atoms with Gasteiger partial charge in [0.2, 0.25) is 11.2 Å². The zero-order chi connectivity index (χ0) is 22.7. The van der Waals surface area contributed by atoms with Crippen LogP contribution in [0, 0.1) is 5.92 Å². The van der Waals surface area contributed by atoms with Gasteiger partial charge in [-0.2, -0.15) is 0 Å². The van der Waals surface area contributed by atoms with Gasteiger partial charge in [0.25, 0.3) is 0 Å². The van der Waals surface area contributed by atoms with E-state index >= 15 is 0 Å². The van der Waals surface area contributed by atoms with Crippen LogP contribution in [0.15, 0.2) is 39.5 Å². The molecule has 0 atom stereocenters. The van der Waals surface area contributed by atoms with E-state index < -0.39 is 11.2 Å². The summed E-state index contributed by atoms with van der Waals surface area (Å²) in [6, 6.07) is 7.86. The molecule has 0 radical (unpaired) electrons. The van der Waals surface area contributed by atoms with E-state index in [-0.39, 0.29) is 22.5 Å². The Hall–Kier alpha value is -3.23. The minimum atomic E-state index is -0.579. The Bertz CT molecular complexity index is 1170. The normalized spacial score (nSPS) is 14.6. The lowest BCUT2D eigenvalue weighted by Crippen LogP contribution is -2.27. The summed E-state index contributed by atoms with van der Waals surface area (Å²) >= 11 is 0. The molecule has 32 heavy (non-hydrogen) atoms. The molecule has 8 nitrogen and oxygen atoms in total. The molecule has 0 saturated carbocycles. The third-order valence-electron chi connectivity index (χ3n) is 5.84. The van der Waals surface area contributed by atoms with Crippen molar-refractivity contribution in [2.45, 2.75) is 19.4 Å². The second-order valence-electron chi connectivity index (χ2n) is 7.80. The van der Waals surface area contributed by atoms with Crippen LogP contribution in [-0.4, -0.2) is 44.2 Å². The third-order valence-corrected chi connectivity index (χ3v) is 5.84. The molecule has 4 rings (SSSR count). The molecule has 0 aliphatic carbocycles. The van der Waals surface area contributed by atoms with Crippen LogP contribution < -0.4 is 20.2 Å². The molecular weight excluding hydrogens is 414 g/mol. The monoisotopic (exact) mass is 441 g/mol. The highest BCUT2D eigenvalue weighted by Crippen LogP contribution is 2.39. The first-order valence-electron chi connectivity index (χ1n) is 10.5. The topological polar surface area (TPSA) is 110 Å². The maximum absolute atomic E-state index is 12.9. The van der Waals surface area contributed by atoms with Gasteiger partial charge in [0.1, 0.15) is 22.8 Å². The molecule has 0 amide bonds. The third kappa shape index (κ3) is 4.24. The van der Waals surface area contributed by atoms with Crippen molar-refractivity contribution < 1.29 is 28.8 Å². The molecule has 3 aromatic rings. The summed E-state index contributed by atoms with van der Waals surface area (Å²) < 4.78 is 22.1. The largest absolute Gasteiger partial charge is 0.507 e. The van der Waals surface area contributed by atoms with Crippen molar-refractivity contribution in [2.24, 2.45) is 5.92 Å². The molecule has 2 aromatic carbocycles. The number of benzene rings is 2. The van der Waals surface area contributed by atoms with Crippen molar-refractivity contribution in [1.82, 2.24) is 5.32 Å². The molecule has 3 N–H and O–H groups in total. The van der Waals surface area contributed by atoms with Crippen LogP contribution in [0.2, 0.25) is 0 Å². The second-order valence-corrected chi connectivity index (χ2v) is 7.80. The highest BCUT2D eigenvalue weighted by atomic mass is 16.5. The number of phenolic OH excluding ortho intramolecular Hbond substituents is 1. The lowest BCUT2D eigenvalue weighted by atomic mass is 10.00. The molecule has 8 heteroatoms. The van der Waals surface area contributed by atoms with Crippen molar-refractivity contribution in [3.63, 3.8) is 0 Å². The number of ether oxygens (including phenoxy) is 3. The van der Waals surface area contributed by atoms with E-state index in [0.717, 1.165) is 32.6 Å². The standard InChI is InChI=1S/C24H27NO7/c1-29-15-3-4-16(20(11-15)30-2)24-22(28)21(27)17-5-6-19(26)18(23(17)32-24)13-25-12-14-7-9-31-10-8-14/h3-6,11,14,25-26,28H,7-10,12-13H2,1-2H3. The van der Waals surface area contributed by atoms with Gasteiger partial charge in [-0.3, -0.25) is 4.79 Å². The van der Waals surface area contributed by atoms with Gasteiger partial charge in [-0.05, 0) is 49.6 Å². The summed E-state index contributed by atoms with van der Waals surface area (Å²) in [6.45, 7) is 2.59. The lowest BCUT2D eigenvalue weighted by molar-refractivity contribution is 0.0662. The van der Waals surface area contributed by atoms with Crippen LogP contribution in [0.4, 0.5) is 0 Å². The summed E-state index contributed by atoms with van der Waals surface area (Å²) in [4.78, 5) is 12.9. The van der Waals surface area contributed by atoms with E-state index in [2.05, 4.69) is 5.32 Å². The van der Waals surface area contributed by atoms with Crippen LogP contribution in [0.25, 0.3) is 22.3 Å². The predicted octanol–water partition coefficient (Wildman–Crippen LogP) is 3.40. The Kier molecular flexibility index (Phi) is 6.53. The first-order valence-corrected chi connectivity index (χ1v) is 10.5. The number of nitrogens with one attached hydrogen (secondary N) is 1. The zero-order valence-corrected chi connectivity index (χ0v) is 18.1. The van der Waals surface area contributed by atoms with Gasteiger partial charge in [-0.15, -0.1) is 0 Å². The smallest absolute Gasteiger partial charge is 0.235 e. The summed E-state index contributed by atoms with van der Waals surface area (Å²) in [5.41, 5.74) is 0.500. The Morgan fingerprint density at radius 2 is 1.88 bits per heavy atom. The lowest BCUT2D eigenvalue weighted by Gasteiger charge is -2.22. The summed E-state index contributed by atoms with van der Waals surface area (Å²) in [5.74, 6) is 0.894. The van der Waals surface area contributed by atoms with Crippen LogP contribution in [0.3, 0.4) is 0 Å². The van der Waals surface area contributed by atoms with Gasteiger partial charge >= 0.3 is 0 Å². The first-order chi connectivity index (χ1) is 15.5. The van der Waals surface area contributed by atoms with Crippen molar-refractivity contribution >= 4 is 11.0 Å². The van der Waals surface area contributed by atoms with Gasteiger partial charge in [0, 0.05) is 25.8 Å². The van der Waals surface area contributed by atoms with Crippen molar-refractivity contribution in [2.75, 3.05) is 34.0 Å². The highest BCUT2D eigenvalue weighted by molar-refractivity contribution is 5.86. The molecule has 1 aliphatic heterocycles. The molecule has 0 spiro atoms. The molecule has 1 aliphatic rings. The quantitative estimate of drug-likeness (QED) is 0.512. The fourth-order valence-electron chi connectivity index (χ4n) is 3.99. The highest BCUT2D eigenvalue weighted by Gasteiger charge is 2.22. The number of aromatic hydroxyl groups is 2. The fourth-order valence-corrected chi connectivity index (χ4v) is 3.99. The summed E-state index contributed by atoms with van der Waals surface area (Å²) in [5, 5.41) is 24.7. The number of fused-ring (bicyclic) bond motifs is 1. The van der Waals surface area contributed by atoms with E-state index in [1.807, 2.05) is 0 Å². The molecular formula is C24H27NO7. The summed E-state index contributed by atoms with van der Waals surface area (Å²) in [7, 11) is 3.01. The van der Waals surface area contributed by atoms with E-state index in [9.17, 15) is 15.0 Å². The number of methoxy groups -OCH3 is 2. The van der Waals surface area contributed by atoms with Crippen LogP contribution in [0.5, 0.6) is 23.0 Å². The van der Waals surface area contributed by atoms with Crippen molar-refractivity contribution in [3.8, 4) is 34.3 Å². The molecule has 0 unspecified atom stereocenters. The van der Waals surface area contributed by atoms with Crippen molar-refractivity contribution in [3.05, 3.63) is 46.1 Å². The molecule has 0 bridgehead atoms. The van der Waals surface area contributed by atoms with Gasteiger partial charge in [-0.1, -0.05) is 0 Å². The average Bonchev–Trinajstić information content (AvgIpc) is 2.83. The van der Waals surface area contributed by atoms with Gasteiger partial charge in [-0.25, -0.2) is 0 Å². The summed E-state index contributed by atoms with van der Waals surface area (Å²) in [6.07, 6.45) is 1.97. The zero-order valence-electron chi connectivity index (χ0n) is 18.1.